The molecular formula is C16H21NO6. The average Bonchev–Trinajstić information content (AvgIpc) is 2.89. The fourth-order valence-corrected chi connectivity index (χ4v) is 2.85. The van der Waals surface area contributed by atoms with Crippen LogP contribution in [0.2, 0.25) is 0 Å². The lowest BCUT2D eigenvalue weighted by atomic mass is 9.84. The SMILES string of the molecule is COC(=O)C(=N[C@@H](C)C(=O)C1CCCCC1)c1oc(=O)oc1C. The van der Waals surface area contributed by atoms with Crippen molar-refractivity contribution in [2.45, 2.75) is 52.0 Å². The summed E-state index contributed by atoms with van der Waals surface area (Å²) in [4.78, 5) is 39.8. The van der Waals surface area contributed by atoms with E-state index in [4.69, 9.17) is 8.83 Å². The summed E-state index contributed by atoms with van der Waals surface area (Å²) in [5, 5.41) is 0. The molecule has 0 N–H and O–H groups in total. The Morgan fingerprint density at radius 2 is 1.87 bits per heavy atom. The molecule has 0 amide bonds. The molecule has 0 aliphatic heterocycles. The predicted molar refractivity (Wildman–Crippen MR) is 81.6 cm³/mol. The van der Waals surface area contributed by atoms with E-state index >= 15 is 0 Å². The van der Waals surface area contributed by atoms with E-state index in [2.05, 4.69) is 9.73 Å². The first-order chi connectivity index (χ1) is 10.9. The Morgan fingerprint density at radius 1 is 1.22 bits per heavy atom. The molecule has 0 bridgehead atoms. The summed E-state index contributed by atoms with van der Waals surface area (Å²) in [5.74, 6) is -1.71. The summed E-state index contributed by atoms with van der Waals surface area (Å²) < 4.78 is 14.3. The van der Waals surface area contributed by atoms with Gasteiger partial charge >= 0.3 is 11.8 Å². The van der Waals surface area contributed by atoms with E-state index in [-0.39, 0.29) is 28.9 Å². The maximum absolute atomic E-state index is 12.5. The van der Waals surface area contributed by atoms with E-state index in [9.17, 15) is 14.4 Å². The van der Waals surface area contributed by atoms with Crippen LogP contribution in [-0.2, 0) is 14.3 Å². The number of carbonyl (C=O) groups is 2. The van der Waals surface area contributed by atoms with E-state index in [1.165, 1.54) is 14.0 Å². The first-order valence-electron chi connectivity index (χ1n) is 7.74. The second kappa shape index (κ2) is 7.39. The van der Waals surface area contributed by atoms with Crippen LogP contribution in [0.4, 0.5) is 0 Å². The zero-order valence-corrected chi connectivity index (χ0v) is 13.6. The quantitative estimate of drug-likeness (QED) is 0.607. The van der Waals surface area contributed by atoms with Gasteiger partial charge in [-0.2, -0.15) is 0 Å². The number of rotatable bonds is 5. The molecule has 1 fully saturated rings. The van der Waals surface area contributed by atoms with Gasteiger partial charge in [-0.15, -0.1) is 0 Å². The number of carbonyl (C=O) groups excluding carboxylic acids is 2. The predicted octanol–water partition coefficient (Wildman–Crippen LogP) is 2.04. The molecule has 23 heavy (non-hydrogen) atoms. The van der Waals surface area contributed by atoms with Crippen molar-refractivity contribution in [3.63, 3.8) is 0 Å². The molecule has 1 aliphatic carbocycles. The third kappa shape index (κ3) is 3.97. The number of Topliss-reactive ketones (excluding diaryl/α,β-unsaturated/α-hetero) is 1. The highest BCUT2D eigenvalue weighted by atomic mass is 16.6. The molecule has 126 valence electrons. The molecule has 0 spiro atoms. The average molecular weight is 323 g/mol. The van der Waals surface area contributed by atoms with Crippen molar-refractivity contribution in [3.8, 4) is 0 Å². The number of aliphatic imine (C=N–C) groups is 1. The number of methoxy groups -OCH3 is 1. The summed E-state index contributed by atoms with van der Waals surface area (Å²) in [7, 11) is 1.19. The maximum atomic E-state index is 12.5. The summed E-state index contributed by atoms with van der Waals surface area (Å²) in [6, 6.07) is -0.716. The highest BCUT2D eigenvalue weighted by Crippen LogP contribution is 2.26. The van der Waals surface area contributed by atoms with Gasteiger partial charge in [-0.3, -0.25) is 9.79 Å². The Bertz CT molecular complexity index is 662. The lowest BCUT2D eigenvalue weighted by Crippen LogP contribution is -2.29. The Kier molecular flexibility index (Phi) is 5.52. The minimum absolute atomic E-state index is 0.00500. The first kappa shape index (κ1) is 17.2. The van der Waals surface area contributed by atoms with E-state index in [1.54, 1.807) is 6.92 Å². The maximum Gasteiger partial charge on any atom is 0.519 e. The van der Waals surface area contributed by atoms with Gasteiger partial charge in [0.25, 0.3) is 0 Å². The summed E-state index contributed by atoms with van der Waals surface area (Å²) in [6.07, 6.45) is 4.92. The van der Waals surface area contributed by atoms with Gasteiger partial charge in [0.15, 0.2) is 17.3 Å². The van der Waals surface area contributed by atoms with Crippen molar-refractivity contribution in [1.29, 1.82) is 0 Å². The molecule has 0 radical (unpaired) electrons. The van der Waals surface area contributed by atoms with Crippen molar-refractivity contribution in [2.24, 2.45) is 10.9 Å². The minimum atomic E-state index is -0.930. The standard InChI is InChI=1S/C16H21NO6/c1-9(13(18)11-7-5-4-6-8-11)17-12(15(19)21-3)14-10(2)22-16(20)23-14/h9,11H,4-8H2,1-3H3/t9-/m0/s1. The molecule has 1 heterocycles. The summed E-state index contributed by atoms with van der Waals surface area (Å²) >= 11 is 0. The van der Waals surface area contributed by atoms with Crippen LogP contribution in [0, 0.1) is 12.8 Å². The molecule has 1 saturated carbocycles. The number of ether oxygens (including phenoxy) is 1. The topological polar surface area (TPSA) is 99.1 Å². The van der Waals surface area contributed by atoms with E-state index < -0.39 is 17.8 Å². The van der Waals surface area contributed by atoms with Crippen LogP contribution >= 0.6 is 0 Å². The van der Waals surface area contributed by atoms with E-state index in [0.717, 1.165) is 32.1 Å². The Hall–Kier alpha value is -2.18. The van der Waals surface area contributed by atoms with Crippen molar-refractivity contribution < 1.29 is 23.2 Å². The second-order valence-corrected chi connectivity index (χ2v) is 5.72. The third-order valence-corrected chi connectivity index (χ3v) is 4.08. The fraction of sp³-hybridized carbons (Fsp3) is 0.625. The number of hydrogen-bond donors (Lipinski definition) is 0. The molecule has 7 nitrogen and oxygen atoms in total. The van der Waals surface area contributed by atoms with E-state index in [0.29, 0.717) is 0 Å². The monoisotopic (exact) mass is 323 g/mol. The van der Waals surface area contributed by atoms with Crippen LogP contribution in [-0.4, -0.2) is 30.6 Å². The Balaban J connectivity index is 2.29. The zero-order chi connectivity index (χ0) is 17.0. The molecule has 1 aliphatic rings. The van der Waals surface area contributed by atoms with Gasteiger partial charge in [-0.05, 0) is 26.7 Å². The van der Waals surface area contributed by atoms with Crippen LogP contribution in [0.1, 0.15) is 50.5 Å². The fourth-order valence-electron chi connectivity index (χ4n) is 2.85. The van der Waals surface area contributed by atoms with Crippen LogP contribution in [0.3, 0.4) is 0 Å². The lowest BCUT2D eigenvalue weighted by Gasteiger charge is -2.22. The smallest absolute Gasteiger partial charge is 0.464 e. The van der Waals surface area contributed by atoms with Gasteiger partial charge in [0, 0.05) is 5.92 Å². The van der Waals surface area contributed by atoms with Crippen molar-refractivity contribution in [3.05, 3.63) is 22.1 Å². The molecule has 1 atom stereocenters. The summed E-state index contributed by atoms with van der Waals surface area (Å²) in [6.45, 7) is 3.11. The van der Waals surface area contributed by atoms with Crippen LogP contribution in [0.15, 0.2) is 18.6 Å². The molecule has 7 heteroatoms. The Labute approximate surface area is 133 Å². The van der Waals surface area contributed by atoms with Gasteiger partial charge in [-0.1, -0.05) is 19.3 Å². The number of aryl methyl sites for hydroxylation is 1. The normalized spacial score (nSPS) is 17.8. The molecule has 2 rings (SSSR count). The van der Waals surface area contributed by atoms with E-state index in [1.807, 2.05) is 0 Å². The number of hydrogen-bond acceptors (Lipinski definition) is 7. The minimum Gasteiger partial charge on any atom is -0.464 e. The largest absolute Gasteiger partial charge is 0.519 e. The van der Waals surface area contributed by atoms with Gasteiger partial charge in [0.1, 0.15) is 6.04 Å². The van der Waals surface area contributed by atoms with Gasteiger partial charge < -0.3 is 13.6 Å². The second-order valence-electron chi connectivity index (χ2n) is 5.72. The van der Waals surface area contributed by atoms with Crippen LogP contribution < -0.4 is 5.82 Å². The number of ketones is 1. The van der Waals surface area contributed by atoms with Crippen molar-refractivity contribution in [1.82, 2.24) is 0 Å². The molecule has 1 aromatic rings. The number of esters is 1. The van der Waals surface area contributed by atoms with Gasteiger partial charge in [0.05, 0.1) is 7.11 Å². The zero-order valence-electron chi connectivity index (χ0n) is 13.6. The molecule has 1 aromatic heterocycles. The third-order valence-electron chi connectivity index (χ3n) is 4.08. The van der Waals surface area contributed by atoms with Gasteiger partial charge in [-0.25, -0.2) is 9.59 Å². The number of nitrogens with zero attached hydrogens (tertiary/aromatic N) is 1. The van der Waals surface area contributed by atoms with Crippen molar-refractivity contribution >= 4 is 17.5 Å². The lowest BCUT2D eigenvalue weighted by molar-refractivity contribution is -0.132. The Morgan fingerprint density at radius 3 is 2.39 bits per heavy atom. The molecular weight excluding hydrogens is 302 g/mol. The molecule has 0 unspecified atom stereocenters. The molecule has 0 aromatic carbocycles. The first-order valence-corrected chi connectivity index (χ1v) is 7.74. The highest BCUT2D eigenvalue weighted by molar-refractivity contribution is 6.42. The summed E-state index contributed by atoms with van der Waals surface area (Å²) in [5.41, 5.74) is -0.201. The highest BCUT2D eigenvalue weighted by Gasteiger charge is 2.29. The van der Waals surface area contributed by atoms with Gasteiger partial charge in [0.2, 0.25) is 5.76 Å². The van der Waals surface area contributed by atoms with Crippen LogP contribution in [0.5, 0.6) is 0 Å². The molecule has 0 saturated heterocycles. The van der Waals surface area contributed by atoms with Crippen LogP contribution in [0.25, 0.3) is 0 Å². The van der Waals surface area contributed by atoms with Crippen molar-refractivity contribution in [2.75, 3.05) is 7.11 Å².